The molecule has 0 radical (unpaired) electrons. The highest BCUT2D eigenvalue weighted by Crippen LogP contribution is 2.27. The van der Waals surface area contributed by atoms with Crippen LogP contribution in [0.15, 0.2) is 22.8 Å². The van der Waals surface area contributed by atoms with E-state index in [2.05, 4.69) is 21.8 Å². The number of aromatic nitrogens is 2. The van der Waals surface area contributed by atoms with Crippen LogP contribution >= 0.6 is 11.5 Å². The molecule has 0 saturated heterocycles. The van der Waals surface area contributed by atoms with Gasteiger partial charge in [0.25, 0.3) is 0 Å². The SMILES string of the molecule is CCCc1nnsc1C(NC)c1ccco1. The van der Waals surface area contributed by atoms with Gasteiger partial charge in [-0.05, 0) is 37.1 Å². The average Bonchev–Trinajstić information content (AvgIpc) is 2.92. The third-order valence-electron chi connectivity index (χ3n) is 2.45. The van der Waals surface area contributed by atoms with Crippen LogP contribution in [-0.2, 0) is 6.42 Å². The summed E-state index contributed by atoms with van der Waals surface area (Å²) >= 11 is 1.44. The lowest BCUT2D eigenvalue weighted by Crippen LogP contribution is -2.17. The lowest BCUT2D eigenvalue weighted by Gasteiger charge is -2.12. The Morgan fingerprint density at radius 3 is 3.06 bits per heavy atom. The van der Waals surface area contributed by atoms with Gasteiger partial charge in [-0.25, -0.2) is 0 Å². The van der Waals surface area contributed by atoms with Gasteiger partial charge < -0.3 is 9.73 Å². The first kappa shape index (κ1) is 11.3. The van der Waals surface area contributed by atoms with E-state index in [1.54, 1.807) is 6.26 Å². The van der Waals surface area contributed by atoms with Gasteiger partial charge in [-0.15, -0.1) is 5.10 Å². The first-order valence-electron chi connectivity index (χ1n) is 5.38. The number of rotatable bonds is 5. The standard InChI is InChI=1S/C11H15N3OS/c1-3-5-8-11(16-14-13-8)10(12-2)9-6-4-7-15-9/h4,6-7,10,12H,3,5H2,1-2H3. The Bertz CT molecular complexity index is 424. The van der Waals surface area contributed by atoms with E-state index in [9.17, 15) is 0 Å². The molecule has 0 aliphatic heterocycles. The third-order valence-corrected chi connectivity index (χ3v) is 3.28. The van der Waals surface area contributed by atoms with Crippen molar-refractivity contribution in [2.45, 2.75) is 25.8 Å². The van der Waals surface area contributed by atoms with Crippen LogP contribution in [0.25, 0.3) is 0 Å². The van der Waals surface area contributed by atoms with Gasteiger partial charge in [-0.2, -0.15) is 0 Å². The van der Waals surface area contributed by atoms with Crippen molar-refractivity contribution in [2.24, 2.45) is 0 Å². The smallest absolute Gasteiger partial charge is 0.126 e. The van der Waals surface area contributed by atoms with Crippen molar-refractivity contribution in [2.75, 3.05) is 7.05 Å². The van der Waals surface area contributed by atoms with Crippen LogP contribution in [0.3, 0.4) is 0 Å². The van der Waals surface area contributed by atoms with Crippen LogP contribution in [0.2, 0.25) is 0 Å². The molecule has 0 amide bonds. The summed E-state index contributed by atoms with van der Waals surface area (Å²) in [5, 5.41) is 7.41. The minimum atomic E-state index is 0.0662. The molecule has 0 fully saturated rings. The molecular formula is C11H15N3OS. The molecule has 0 spiro atoms. The van der Waals surface area contributed by atoms with E-state index in [1.165, 1.54) is 11.5 Å². The first-order chi connectivity index (χ1) is 7.86. The number of nitrogens with zero attached hydrogens (tertiary/aromatic N) is 2. The number of furan rings is 1. The Kier molecular flexibility index (Phi) is 3.69. The molecule has 0 aliphatic carbocycles. The molecule has 4 nitrogen and oxygen atoms in total. The van der Waals surface area contributed by atoms with E-state index in [-0.39, 0.29) is 6.04 Å². The quantitative estimate of drug-likeness (QED) is 0.867. The number of hydrogen-bond acceptors (Lipinski definition) is 5. The van der Waals surface area contributed by atoms with E-state index in [1.807, 2.05) is 19.2 Å². The molecule has 1 unspecified atom stereocenters. The number of nitrogens with one attached hydrogen (secondary N) is 1. The zero-order valence-electron chi connectivity index (χ0n) is 9.43. The lowest BCUT2D eigenvalue weighted by atomic mass is 10.1. The van der Waals surface area contributed by atoms with E-state index >= 15 is 0 Å². The summed E-state index contributed by atoms with van der Waals surface area (Å²) in [6.45, 7) is 2.14. The van der Waals surface area contributed by atoms with Crippen molar-refractivity contribution in [3.8, 4) is 0 Å². The molecule has 5 heteroatoms. The summed E-state index contributed by atoms with van der Waals surface area (Å²) in [7, 11) is 1.92. The molecule has 0 bridgehead atoms. The third kappa shape index (κ3) is 2.15. The molecule has 86 valence electrons. The second-order valence-electron chi connectivity index (χ2n) is 3.57. The highest BCUT2D eigenvalue weighted by Gasteiger charge is 2.21. The van der Waals surface area contributed by atoms with Crippen LogP contribution in [0.4, 0.5) is 0 Å². The monoisotopic (exact) mass is 237 g/mol. The maximum atomic E-state index is 5.43. The Morgan fingerprint density at radius 1 is 1.56 bits per heavy atom. The molecule has 1 N–H and O–H groups in total. The molecule has 2 heterocycles. The molecule has 2 aromatic rings. The topological polar surface area (TPSA) is 51.0 Å². The highest BCUT2D eigenvalue weighted by atomic mass is 32.1. The fourth-order valence-electron chi connectivity index (χ4n) is 1.70. The molecule has 0 aromatic carbocycles. The normalized spacial score (nSPS) is 12.9. The van der Waals surface area contributed by atoms with Gasteiger partial charge in [0.15, 0.2) is 0 Å². The van der Waals surface area contributed by atoms with Crippen molar-refractivity contribution in [3.05, 3.63) is 34.7 Å². The maximum absolute atomic E-state index is 5.43. The van der Waals surface area contributed by atoms with Crippen LogP contribution < -0.4 is 5.32 Å². The van der Waals surface area contributed by atoms with Crippen molar-refractivity contribution in [1.29, 1.82) is 0 Å². The summed E-state index contributed by atoms with van der Waals surface area (Å²) in [6, 6.07) is 3.93. The van der Waals surface area contributed by atoms with Crippen molar-refractivity contribution < 1.29 is 4.42 Å². The van der Waals surface area contributed by atoms with E-state index in [0.717, 1.165) is 29.2 Å². The van der Waals surface area contributed by atoms with Gasteiger partial charge in [-0.1, -0.05) is 17.8 Å². The van der Waals surface area contributed by atoms with E-state index in [0.29, 0.717) is 0 Å². The second-order valence-corrected chi connectivity index (χ2v) is 4.36. The molecule has 0 saturated carbocycles. The average molecular weight is 237 g/mol. The summed E-state index contributed by atoms with van der Waals surface area (Å²) in [6.07, 6.45) is 3.73. The van der Waals surface area contributed by atoms with E-state index in [4.69, 9.17) is 4.42 Å². The highest BCUT2D eigenvalue weighted by molar-refractivity contribution is 7.05. The van der Waals surface area contributed by atoms with Crippen LogP contribution in [0.1, 0.15) is 35.7 Å². The fourth-order valence-corrected chi connectivity index (χ4v) is 2.52. The number of aryl methyl sites for hydroxylation is 1. The predicted octanol–water partition coefficient (Wildman–Crippen LogP) is 2.39. The predicted molar refractivity (Wildman–Crippen MR) is 63.5 cm³/mol. The zero-order valence-corrected chi connectivity index (χ0v) is 10.3. The Hall–Kier alpha value is -1.20. The largest absolute Gasteiger partial charge is 0.467 e. The second kappa shape index (κ2) is 5.23. The van der Waals surface area contributed by atoms with Crippen LogP contribution in [0, 0.1) is 0 Å². The maximum Gasteiger partial charge on any atom is 0.126 e. The van der Waals surface area contributed by atoms with Crippen LogP contribution in [-0.4, -0.2) is 16.6 Å². The van der Waals surface area contributed by atoms with Gasteiger partial charge >= 0.3 is 0 Å². The van der Waals surface area contributed by atoms with Gasteiger partial charge in [0.2, 0.25) is 0 Å². The molecule has 0 aliphatic rings. The molecule has 2 rings (SSSR count). The minimum Gasteiger partial charge on any atom is -0.467 e. The van der Waals surface area contributed by atoms with Crippen molar-refractivity contribution >= 4 is 11.5 Å². The van der Waals surface area contributed by atoms with Gasteiger partial charge in [-0.3, -0.25) is 0 Å². The van der Waals surface area contributed by atoms with Gasteiger partial charge in [0, 0.05) is 0 Å². The van der Waals surface area contributed by atoms with Crippen molar-refractivity contribution in [3.63, 3.8) is 0 Å². The van der Waals surface area contributed by atoms with Gasteiger partial charge in [0.1, 0.15) is 11.8 Å². The fraction of sp³-hybridized carbons (Fsp3) is 0.455. The van der Waals surface area contributed by atoms with Gasteiger partial charge in [0.05, 0.1) is 16.8 Å². The summed E-state index contributed by atoms with van der Waals surface area (Å²) in [5.41, 5.74) is 1.07. The first-order valence-corrected chi connectivity index (χ1v) is 6.16. The molecule has 1 atom stereocenters. The zero-order chi connectivity index (χ0) is 11.4. The Balaban J connectivity index is 2.30. The Morgan fingerprint density at radius 2 is 2.44 bits per heavy atom. The molecular weight excluding hydrogens is 222 g/mol. The van der Waals surface area contributed by atoms with Crippen LogP contribution in [0.5, 0.6) is 0 Å². The van der Waals surface area contributed by atoms with Crippen molar-refractivity contribution in [1.82, 2.24) is 14.9 Å². The lowest BCUT2D eigenvalue weighted by molar-refractivity contribution is 0.464. The molecule has 16 heavy (non-hydrogen) atoms. The molecule has 2 aromatic heterocycles. The summed E-state index contributed by atoms with van der Waals surface area (Å²) in [4.78, 5) is 1.15. The summed E-state index contributed by atoms with van der Waals surface area (Å²) in [5.74, 6) is 0.908. The number of hydrogen-bond donors (Lipinski definition) is 1. The Labute approximate surface area is 98.8 Å². The minimum absolute atomic E-state index is 0.0662. The van der Waals surface area contributed by atoms with E-state index < -0.39 is 0 Å². The summed E-state index contributed by atoms with van der Waals surface area (Å²) < 4.78 is 9.46.